The Labute approximate surface area is 124 Å². The minimum absolute atomic E-state index is 0.159. The van der Waals surface area contributed by atoms with E-state index in [1.165, 1.54) is 0 Å². The van der Waals surface area contributed by atoms with Crippen LogP contribution < -0.4 is 11.1 Å². The lowest BCUT2D eigenvalue weighted by Crippen LogP contribution is -2.24. The lowest BCUT2D eigenvalue weighted by atomic mass is 9.90. The number of hydrogen-bond acceptors (Lipinski definition) is 4. The van der Waals surface area contributed by atoms with Gasteiger partial charge in [0, 0.05) is 35.6 Å². The SMILES string of the molecule is CC(C)(C)c1cc(C(=O)NCc2cccnc2)cc(N)n1. The molecule has 0 radical (unpaired) electrons. The average molecular weight is 284 g/mol. The monoisotopic (exact) mass is 284 g/mol. The smallest absolute Gasteiger partial charge is 0.251 e. The fourth-order valence-corrected chi connectivity index (χ4v) is 1.85. The summed E-state index contributed by atoms with van der Waals surface area (Å²) in [6.45, 7) is 6.53. The van der Waals surface area contributed by atoms with Gasteiger partial charge in [-0.1, -0.05) is 26.8 Å². The van der Waals surface area contributed by atoms with Crippen molar-refractivity contribution in [1.29, 1.82) is 0 Å². The van der Waals surface area contributed by atoms with E-state index in [0.717, 1.165) is 11.3 Å². The van der Waals surface area contributed by atoms with Crippen LogP contribution in [0.25, 0.3) is 0 Å². The van der Waals surface area contributed by atoms with E-state index in [0.29, 0.717) is 17.9 Å². The van der Waals surface area contributed by atoms with E-state index >= 15 is 0 Å². The molecule has 2 aromatic rings. The molecule has 0 unspecified atom stereocenters. The zero-order valence-corrected chi connectivity index (χ0v) is 12.6. The first-order chi connectivity index (χ1) is 9.86. The molecule has 2 aromatic heterocycles. The fraction of sp³-hybridized carbons (Fsp3) is 0.312. The maximum Gasteiger partial charge on any atom is 0.251 e. The Hall–Kier alpha value is -2.43. The van der Waals surface area contributed by atoms with Gasteiger partial charge in [0.05, 0.1) is 0 Å². The van der Waals surface area contributed by atoms with Crippen molar-refractivity contribution in [3.8, 4) is 0 Å². The quantitative estimate of drug-likeness (QED) is 0.906. The van der Waals surface area contributed by atoms with Gasteiger partial charge in [0.25, 0.3) is 5.91 Å². The average Bonchev–Trinajstić information content (AvgIpc) is 2.44. The summed E-state index contributed by atoms with van der Waals surface area (Å²) in [7, 11) is 0. The van der Waals surface area contributed by atoms with Crippen molar-refractivity contribution in [3.05, 3.63) is 53.5 Å². The van der Waals surface area contributed by atoms with Crippen molar-refractivity contribution in [3.63, 3.8) is 0 Å². The van der Waals surface area contributed by atoms with Crippen LogP contribution in [-0.4, -0.2) is 15.9 Å². The van der Waals surface area contributed by atoms with Crippen LogP contribution in [-0.2, 0) is 12.0 Å². The number of rotatable bonds is 3. The lowest BCUT2D eigenvalue weighted by Gasteiger charge is -2.19. The standard InChI is InChI=1S/C16H20N4O/c1-16(2,3)13-7-12(8-14(17)20-13)15(21)19-10-11-5-4-6-18-9-11/h4-9H,10H2,1-3H3,(H2,17,20)(H,19,21). The minimum atomic E-state index is -0.168. The molecule has 3 N–H and O–H groups in total. The van der Waals surface area contributed by atoms with Crippen LogP contribution in [0.5, 0.6) is 0 Å². The van der Waals surface area contributed by atoms with Crippen molar-refractivity contribution in [2.75, 3.05) is 5.73 Å². The topological polar surface area (TPSA) is 80.9 Å². The zero-order valence-electron chi connectivity index (χ0n) is 12.6. The molecule has 21 heavy (non-hydrogen) atoms. The molecule has 0 aliphatic rings. The molecule has 0 spiro atoms. The Morgan fingerprint density at radius 2 is 2.10 bits per heavy atom. The summed E-state index contributed by atoms with van der Waals surface area (Å²) in [5.41, 5.74) is 7.91. The van der Waals surface area contributed by atoms with Gasteiger partial charge in [0.2, 0.25) is 0 Å². The molecule has 2 heterocycles. The second kappa shape index (κ2) is 5.91. The highest BCUT2D eigenvalue weighted by molar-refractivity contribution is 5.94. The number of anilines is 1. The Bertz CT molecular complexity index is 632. The van der Waals surface area contributed by atoms with Crippen molar-refractivity contribution in [2.24, 2.45) is 0 Å². The molecule has 0 fully saturated rings. The number of hydrogen-bond donors (Lipinski definition) is 2. The number of nitrogen functional groups attached to an aromatic ring is 1. The van der Waals surface area contributed by atoms with E-state index in [4.69, 9.17) is 5.73 Å². The second-order valence-corrected chi connectivity index (χ2v) is 5.96. The number of nitrogens with two attached hydrogens (primary N) is 1. The normalized spacial score (nSPS) is 11.2. The van der Waals surface area contributed by atoms with Crippen LogP contribution in [0.3, 0.4) is 0 Å². The van der Waals surface area contributed by atoms with Gasteiger partial charge in [0.1, 0.15) is 5.82 Å². The number of aromatic nitrogens is 2. The highest BCUT2D eigenvalue weighted by Gasteiger charge is 2.18. The van der Waals surface area contributed by atoms with Crippen LogP contribution in [0.2, 0.25) is 0 Å². The van der Waals surface area contributed by atoms with Gasteiger partial charge in [-0.2, -0.15) is 0 Å². The van der Waals surface area contributed by atoms with E-state index in [1.807, 2.05) is 32.9 Å². The molecule has 110 valence electrons. The summed E-state index contributed by atoms with van der Waals surface area (Å²) >= 11 is 0. The molecule has 0 saturated carbocycles. The summed E-state index contributed by atoms with van der Waals surface area (Å²) < 4.78 is 0. The lowest BCUT2D eigenvalue weighted by molar-refractivity contribution is 0.0950. The van der Waals surface area contributed by atoms with Crippen LogP contribution in [0.4, 0.5) is 5.82 Å². The van der Waals surface area contributed by atoms with Crippen LogP contribution >= 0.6 is 0 Å². The van der Waals surface area contributed by atoms with E-state index in [1.54, 1.807) is 24.5 Å². The van der Waals surface area contributed by atoms with Gasteiger partial charge in [-0.05, 0) is 23.8 Å². The van der Waals surface area contributed by atoms with Gasteiger partial charge >= 0.3 is 0 Å². The molecule has 5 nitrogen and oxygen atoms in total. The van der Waals surface area contributed by atoms with E-state index in [2.05, 4.69) is 15.3 Å². The molecule has 1 amide bonds. The predicted octanol–water partition coefficient (Wildman–Crippen LogP) is 2.29. The van der Waals surface area contributed by atoms with E-state index < -0.39 is 0 Å². The van der Waals surface area contributed by atoms with Crippen LogP contribution in [0, 0.1) is 0 Å². The fourth-order valence-electron chi connectivity index (χ4n) is 1.85. The second-order valence-electron chi connectivity index (χ2n) is 5.96. The third kappa shape index (κ3) is 4.02. The molecule has 5 heteroatoms. The zero-order chi connectivity index (χ0) is 15.5. The Kier molecular flexibility index (Phi) is 4.21. The first-order valence-electron chi connectivity index (χ1n) is 6.81. The number of nitrogens with one attached hydrogen (secondary N) is 1. The molecule has 2 rings (SSSR count). The Morgan fingerprint density at radius 3 is 2.71 bits per heavy atom. The number of carbonyl (C=O) groups excluding carboxylic acids is 1. The van der Waals surface area contributed by atoms with E-state index in [-0.39, 0.29) is 11.3 Å². The first kappa shape index (κ1) is 15.0. The van der Waals surface area contributed by atoms with Crippen molar-refractivity contribution in [1.82, 2.24) is 15.3 Å². The molecular formula is C16H20N4O. The molecule has 0 bridgehead atoms. The number of amides is 1. The maximum atomic E-state index is 12.2. The summed E-state index contributed by atoms with van der Waals surface area (Å²) in [5.74, 6) is 0.187. The van der Waals surface area contributed by atoms with Gasteiger partial charge in [-0.25, -0.2) is 4.98 Å². The molecule has 0 aromatic carbocycles. The van der Waals surface area contributed by atoms with Gasteiger partial charge in [-0.15, -0.1) is 0 Å². The Balaban J connectivity index is 2.14. The highest BCUT2D eigenvalue weighted by Crippen LogP contribution is 2.22. The number of pyridine rings is 2. The van der Waals surface area contributed by atoms with Crippen molar-refractivity contribution < 1.29 is 4.79 Å². The largest absolute Gasteiger partial charge is 0.384 e. The third-order valence-electron chi connectivity index (χ3n) is 3.05. The summed E-state index contributed by atoms with van der Waals surface area (Å²) in [5, 5.41) is 2.86. The number of nitrogens with zero attached hydrogens (tertiary/aromatic N) is 2. The molecular weight excluding hydrogens is 264 g/mol. The molecule has 0 aliphatic carbocycles. The van der Waals surface area contributed by atoms with Crippen molar-refractivity contribution in [2.45, 2.75) is 32.7 Å². The van der Waals surface area contributed by atoms with Gasteiger partial charge < -0.3 is 11.1 Å². The van der Waals surface area contributed by atoms with Crippen LogP contribution in [0.1, 0.15) is 42.4 Å². The van der Waals surface area contributed by atoms with Gasteiger partial charge in [-0.3, -0.25) is 9.78 Å². The molecule has 0 aliphatic heterocycles. The molecule has 0 saturated heterocycles. The van der Waals surface area contributed by atoms with E-state index in [9.17, 15) is 4.79 Å². The Morgan fingerprint density at radius 1 is 1.33 bits per heavy atom. The van der Waals surface area contributed by atoms with Crippen LogP contribution in [0.15, 0.2) is 36.7 Å². The highest BCUT2D eigenvalue weighted by atomic mass is 16.1. The third-order valence-corrected chi connectivity index (χ3v) is 3.05. The maximum absolute atomic E-state index is 12.2. The molecule has 0 atom stereocenters. The summed E-state index contributed by atoms with van der Waals surface area (Å²) in [4.78, 5) is 20.5. The predicted molar refractivity (Wildman–Crippen MR) is 82.8 cm³/mol. The first-order valence-corrected chi connectivity index (χ1v) is 6.81. The summed E-state index contributed by atoms with van der Waals surface area (Å²) in [6.07, 6.45) is 3.42. The van der Waals surface area contributed by atoms with Crippen molar-refractivity contribution >= 4 is 11.7 Å². The van der Waals surface area contributed by atoms with Gasteiger partial charge in [0.15, 0.2) is 0 Å². The summed E-state index contributed by atoms with van der Waals surface area (Å²) in [6, 6.07) is 7.13. The minimum Gasteiger partial charge on any atom is -0.384 e. The number of carbonyl (C=O) groups is 1.